The fraction of sp³-hybridized carbons (Fsp3) is 1.00. The van der Waals surface area contributed by atoms with Gasteiger partial charge in [0.15, 0.2) is 0 Å². The second-order valence-electron chi connectivity index (χ2n) is 1.62. The molecule has 1 nitrogen and oxygen atoms in total. The minimum absolute atomic E-state index is 0. The predicted molar refractivity (Wildman–Crippen MR) is 45.0 cm³/mol. The molecule has 0 amide bonds. The van der Waals surface area contributed by atoms with Crippen LogP contribution in [0.15, 0.2) is 0 Å². The molecule has 0 aliphatic rings. The molecule has 0 aromatic heterocycles. The van der Waals surface area contributed by atoms with E-state index in [1.165, 1.54) is 19.6 Å². The van der Waals surface area contributed by atoms with Gasteiger partial charge in [-0.1, -0.05) is 20.8 Å². The maximum Gasteiger partial charge on any atom is 0 e. The zero-order valence-corrected chi connectivity index (χ0v) is 10.7. The third-order valence-corrected chi connectivity index (χ3v) is 1.34. The number of nitrogens with zero attached hydrogens (tertiary/aromatic N) is 1. The Hall–Kier alpha value is 2.19. The van der Waals surface area contributed by atoms with Crippen molar-refractivity contribution in [3.05, 3.63) is 0 Å². The summed E-state index contributed by atoms with van der Waals surface area (Å²) in [6, 6.07) is 0. The van der Waals surface area contributed by atoms with E-state index in [1.807, 2.05) is 0 Å². The summed E-state index contributed by atoms with van der Waals surface area (Å²) in [5.74, 6) is 0. The van der Waals surface area contributed by atoms with Crippen molar-refractivity contribution in [2.45, 2.75) is 20.8 Å². The van der Waals surface area contributed by atoms with Crippen LogP contribution in [0.2, 0.25) is 0 Å². The standard InChI is InChI=1S/C6H15N.K.Li/c1-4-7(5-2)6-3;;/h4-6H2,1-3H3;;. The van der Waals surface area contributed by atoms with E-state index in [0.717, 1.165) is 0 Å². The van der Waals surface area contributed by atoms with Gasteiger partial charge in [-0.2, -0.15) is 0 Å². The van der Waals surface area contributed by atoms with Crippen molar-refractivity contribution in [3.63, 3.8) is 0 Å². The third kappa shape index (κ3) is 10.2. The molecule has 0 aromatic carbocycles. The summed E-state index contributed by atoms with van der Waals surface area (Å²) in [4.78, 5) is 2.38. The van der Waals surface area contributed by atoms with E-state index in [4.69, 9.17) is 0 Å². The van der Waals surface area contributed by atoms with Crippen LogP contribution in [0.1, 0.15) is 20.8 Å². The molecule has 0 fully saturated rings. The molecule has 0 unspecified atom stereocenters. The Morgan fingerprint density at radius 2 is 1.11 bits per heavy atom. The molecule has 0 aromatic rings. The normalized spacial score (nSPS) is 8.00. The maximum absolute atomic E-state index is 2.38. The van der Waals surface area contributed by atoms with Crippen LogP contribution in [-0.2, 0) is 0 Å². The second-order valence-corrected chi connectivity index (χ2v) is 1.62. The molecule has 0 heterocycles. The van der Waals surface area contributed by atoms with Crippen LogP contribution in [0.5, 0.6) is 0 Å². The van der Waals surface area contributed by atoms with Crippen LogP contribution in [0, 0.1) is 0 Å². The van der Waals surface area contributed by atoms with Gasteiger partial charge >= 0.3 is 0 Å². The van der Waals surface area contributed by atoms with Gasteiger partial charge in [-0.05, 0) is 19.6 Å². The van der Waals surface area contributed by atoms with E-state index in [2.05, 4.69) is 25.7 Å². The first-order valence-corrected chi connectivity index (χ1v) is 3.07. The van der Waals surface area contributed by atoms with E-state index in [0.29, 0.717) is 0 Å². The van der Waals surface area contributed by atoms with Crippen molar-refractivity contribution in [1.29, 1.82) is 0 Å². The monoisotopic (exact) mass is 147 g/mol. The Balaban J connectivity index is -0.000000180. The Labute approximate surface area is 114 Å². The largest absolute Gasteiger partial charge is 0.304 e. The van der Waals surface area contributed by atoms with E-state index in [9.17, 15) is 0 Å². The summed E-state index contributed by atoms with van der Waals surface area (Å²) in [5.41, 5.74) is 0. The maximum atomic E-state index is 2.38. The topological polar surface area (TPSA) is 3.24 Å². The van der Waals surface area contributed by atoms with E-state index >= 15 is 0 Å². The van der Waals surface area contributed by atoms with E-state index in [1.54, 1.807) is 0 Å². The van der Waals surface area contributed by atoms with Crippen LogP contribution in [0.3, 0.4) is 0 Å². The quantitative estimate of drug-likeness (QED) is 0.528. The first-order chi connectivity index (χ1) is 3.35. The van der Waals surface area contributed by atoms with Crippen molar-refractivity contribution in [1.82, 2.24) is 4.90 Å². The molecule has 0 saturated heterocycles. The van der Waals surface area contributed by atoms with Crippen molar-refractivity contribution >= 4 is 70.2 Å². The molecule has 0 N–H and O–H groups in total. The second kappa shape index (κ2) is 12.8. The van der Waals surface area contributed by atoms with Crippen LogP contribution in [0.4, 0.5) is 0 Å². The van der Waals surface area contributed by atoms with Gasteiger partial charge in [0.2, 0.25) is 0 Å². The smallest absolute Gasteiger partial charge is 0 e. The summed E-state index contributed by atoms with van der Waals surface area (Å²) in [5, 5.41) is 0. The van der Waals surface area contributed by atoms with Crippen LogP contribution in [-0.4, -0.2) is 94.8 Å². The molecule has 0 aliphatic heterocycles. The summed E-state index contributed by atoms with van der Waals surface area (Å²) >= 11 is 0. The predicted octanol–water partition coefficient (Wildman–Crippen LogP) is 0.586. The number of rotatable bonds is 3. The Morgan fingerprint density at radius 1 is 0.889 bits per heavy atom. The number of hydrogen-bond donors (Lipinski definition) is 0. The SMILES string of the molecule is CCN(CC)CC.[K].[Li]. The average Bonchev–Trinajstić information content (AvgIpc) is 1.72. The first kappa shape index (κ1) is 17.3. The van der Waals surface area contributed by atoms with Gasteiger partial charge < -0.3 is 4.90 Å². The van der Waals surface area contributed by atoms with Gasteiger partial charge in [0, 0.05) is 70.2 Å². The summed E-state index contributed by atoms with van der Waals surface area (Å²) in [6.45, 7) is 10.1. The van der Waals surface area contributed by atoms with Crippen LogP contribution >= 0.6 is 0 Å². The molecule has 0 atom stereocenters. The van der Waals surface area contributed by atoms with Crippen molar-refractivity contribution < 1.29 is 0 Å². The van der Waals surface area contributed by atoms with Gasteiger partial charge in [-0.25, -0.2) is 0 Å². The molecular formula is C6H15KLiN. The molecule has 3 heteroatoms. The number of hydrogen-bond acceptors (Lipinski definition) is 1. The van der Waals surface area contributed by atoms with Gasteiger partial charge in [-0.15, -0.1) is 0 Å². The summed E-state index contributed by atoms with van der Waals surface area (Å²) in [7, 11) is 0. The molecule has 0 aliphatic carbocycles. The molecule has 46 valence electrons. The molecule has 0 spiro atoms. The minimum Gasteiger partial charge on any atom is -0.304 e. The molecule has 9 heavy (non-hydrogen) atoms. The molecular weight excluding hydrogens is 132 g/mol. The van der Waals surface area contributed by atoms with Gasteiger partial charge in [0.05, 0.1) is 0 Å². The van der Waals surface area contributed by atoms with Crippen molar-refractivity contribution in [2.24, 2.45) is 0 Å². The van der Waals surface area contributed by atoms with Crippen LogP contribution in [0.25, 0.3) is 0 Å². The van der Waals surface area contributed by atoms with E-state index < -0.39 is 0 Å². The van der Waals surface area contributed by atoms with Gasteiger partial charge in [0.25, 0.3) is 0 Å². The van der Waals surface area contributed by atoms with Gasteiger partial charge in [0.1, 0.15) is 0 Å². The Kier molecular flexibility index (Phi) is 24.7. The molecule has 0 rings (SSSR count). The zero-order valence-electron chi connectivity index (χ0n) is 7.57. The van der Waals surface area contributed by atoms with Crippen LogP contribution < -0.4 is 0 Å². The molecule has 0 bridgehead atoms. The summed E-state index contributed by atoms with van der Waals surface area (Å²) in [6.07, 6.45) is 0. The van der Waals surface area contributed by atoms with Crippen molar-refractivity contribution in [2.75, 3.05) is 19.6 Å². The van der Waals surface area contributed by atoms with E-state index in [-0.39, 0.29) is 70.2 Å². The average molecular weight is 147 g/mol. The minimum atomic E-state index is 0. The fourth-order valence-corrected chi connectivity index (χ4v) is 0.671. The third-order valence-electron chi connectivity index (χ3n) is 1.34. The van der Waals surface area contributed by atoms with Crippen molar-refractivity contribution in [3.8, 4) is 0 Å². The fourth-order valence-electron chi connectivity index (χ4n) is 0.671. The van der Waals surface area contributed by atoms with Gasteiger partial charge in [-0.3, -0.25) is 0 Å². The molecule has 2 radical (unpaired) electrons. The Bertz CT molecular complexity index is 34.5. The molecule has 0 saturated carbocycles. The zero-order chi connectivity index (χ0) is 5.70. The summed E-state index contributed by atoms with van der Waals surface area (Å²) < 4.78 is 0. The first-order valence-electron chi connectivity index (χ1n) is 3.07. The Morgan fingerprint density at radius 3 is 1.11 bits per heavy atom.